The van der Waals surface area contributed by atoms with Gasteiger partial charge >= 0.3 is 6.03 Å². The van der Waals surface area contributed by atoms with Crippen LogP contribution in [-0.4, -0.2) is 36.1 Å². The van der Waals surface area contributed by atoms with E-state index in [1.807, 2.05) is 57.2 Å². The molecule has 2 aromatic carbocycles. The molecule has 190 valence electrons. The summed E-state index contributed by atoms with van der Waals surface area (Å²) in [7, 11) is 0. The molecule has 0 aromatic heterocycles. The van der Waals surface area contributed by atoms with Crippen LogP contribution in [0.15, 0.2) is 47.5 Å². The Bertz CT molecular complexity index is 1160. The minimum atomic E-state index is -1.13. The fourth-order valence-corrected chi connectivity index (χ4v) is 5.21. The van der Waals surface area contributed by atoms with Gasteiger partial charge in [0, 0.05) is 22.9 Å². The van der Waals surface area contributed by atoms with Gasteiger partial charge in [-0.15, -0.1) is 0 Å². The second-order valence-corrected chi connectivity index (χ2v) is 9.99. The van der Waals surface area contributed by atoms with Crippen LogP contribution < -0.4 is 15.5 Å². The number of rotatable bonds is 5. The highest BCUT2D eigenvalue weighted by Gasteiger charge is 2.35. The minimum Gasteiger partial charge on any atom is -0.308 e. The second-order valence-electron chi connectivity index (χ2n) is 9.99. The van der Waals surface area contributed by atoms with Crippen LogP contribution >= 0.6 is 0 Å². The van der Waals surface area contributed by atoms with Gasteiger partial charge in [0.05, 0.1) is 12.2 Å². The first-order chi connectivity index (χ1) is 17.3. The maximum absolute atomic E-state index is 13.8. The smallest absolute Gasteiger partial charge is 0.308 e. The molecule has 1 fully saturated rings. The van der Waals surface area contributed by atoms with Crippen LogP contribution in [0.5, 0.6) is 0 Å². The van der Waals surface area contributed by atoms with Crippen LogP contribution in [0, 0.1) is 19.8 Å². The molecule has 1 unspecified atom stereocenters. The first-order valence-corrected chi connectivity index (χ1v) is 13.0. The van der Waals surface area contributed by atoms with E-state index in [-0.39, 0.29) is 18.2 Å². The SMILES string of the molecule is CC1=NC(NC(=O)Nc2cccc(C)c2)C(=O)N(CC(=O)C2CCCCCCC2)c2c(C)cccc21. The highest BCUT2D eigenvalue weighted by atomic mass is 16.2. The van der Waals surface area contributed by atoms with Crippen LogP contribution in [0.2, 0.25) is 0 Å². The van der Waals surface area contributed by atoms with Crippen molar-refractivity contribution in [1.29, 1.82) is 0 Å². The summed E-state index contributed by atoms with van der Waals surface area (Å²) in [6, 6.07) is 12.7. The Balaban J connectivity index is 1.59. The molecule has 2 aliphatic rings. The van der Waals surface area contributed by atoms with Crippen LogP contribution in [0.4, 0.5) is 16.2 Å². The van der Waals surface area contributed by atoms with Crippen molar-refractivity contribution in [3.05, 3.63) is 59.2 Å². The van der Waals surface area contributed by atoms with Gasteiger partial charge in [-0.1, -0.05) is 62.4 Å². The van der Waals surface area contributed by atoms with E-state index in [9.17, 15) is 14.4 Å². The molecule has 7 nitrogen and oxygen atoms in total. The summed E-state index contributed by atoms with van der Waals surface area (Å²) in [5.74, 6) is -0.352. The summed E-state index contributed by atoms with van der Waals surface area (Å²) >= 11 is 0. The predicted molar refractivity (Wildman–Crippen MR) is 144 cm³/mol. The van der Waals surface area contributed by atoms with Gasteiger partial charge < -0.3 is 15.5 Å². The van der Waals surface area contributed by atoms with Crippen molar-refractivity contribution in [3.8, 4) is 0 Å². The standard InChI is InChI=1S/C29H36N4O3/c1-19-11-9-15-23(17-19)31-29(36)32-27-28(35)33(18-25(34)22-13-7-5-4-6-8-14-22)26-20(2)12-10-16-24(26)21(3)30-27/h9-12,15-17,22,27H,4-8,13-14,18H2,1-3H3,(H2,31,32,36). The number of para-hydroxylation sites is 1. The van der Waals surface area contributed by atoms with Gasteiger partial charge in [-0.05, 0) is 56.9 Å². The summed E-state index contributed by atoms with van der Waals surface area (Å²) < 4.78 is 0. The van der Waals surface area contributed by atoms with Crippen molar-refractivity contribution in [3.63, 3.8) is 0 Å². The number of hydrogen-bond acceptors (Lipinski definition) is 4. The average Bonchev–Trinajstić information content (AvgIpc) is 2.90. The number of benzodiazepines with no additional fused rings is 1. The topological polar surface area (TPSA) is 90.9 Å². The van der Waals surface area contributed by atoms with Gasteiger partial charge in [0.15, 0.2) is 5.78 Å². The van der Waals surface area contributed by atoms with E-state index in [2.05, 4.69) is 15.6 Å². The molecule has 36 heavy (non-hydrogen) atoms. The molecule has 7 heteroatoms. The summed E-state index contributed by atoms with van der Waals surface area (Å²) in [5, 5.41) is 5.50. The average molecular weight is 489 g/mol. The molecule has 3 amide bonds. The maximum Gasteiger partial charge on any atom is 0.321 e. The quantitative estimate of drug-likeness (QED) is 0.579. The van der Waals surface area contributed by atoms with E-state index in [0.717, 1.165) is 55.2 Å². The number of aliphatic imine (C=N–C) groups is 1. The van der Waals surface area contributed by atoms with E-state index in [1.54, 1.807) is 11.0 Å². The zero-order chi connectivity index (χ0) is 25.7. The lowest BCUT2D eigenvalue weighted by Gasteiger charge is -2.28. The molecule has 1 atom stereocenters. The van der Waals surface area contributed by atoms with Gasteiger partial charge in [-0.2, -0.15) is 0 Å². The Morgan fingerprint density at radius 1 is 0.972 bits per heavy atom. The van der Waals surface area contributed by atoms with Gasteiger partial charge in [-0.25, -0.2) is 4.79 Å². The van der Waals surface area contributed by atoms with Gasteiger partial charge in [-0.3, -0.25) is 14.6 Å². The molecule has 2 N–H and O–H groups in total. The highest BCUT2D eigenvalue weighted by molar-refractivity contribution is 6.14. The Morgan fingerprint density at radius 3 is 2.39 bits per heavy atom. The third-order valence-corrected chi connectivity index (χ3v) is 7.14. The van der Waals surface area contributed by atoms with Crippen molar-refractivity contribution < 1.29 is 14.4 Å². The molecule has 4 rings (SSSR count). The summed E-state index contributed by atoms with van der Waals surface area (Å²) in [4.78, 5) is 46.2. The van der Waals surface area contributed by atoms with Crippen LogP contribution in [0.1, 0.15) is 68.6 Å². The Labute approximate surface area is 213 Å². The van der Waals surface area contributed by atoms with E-state index in [0.29, 0.717) is 17.1 Å². The van der Waals surface area contributed by atoms with Gasteiger partial charge in [0.1, 0.15) is 0 Å². The third-order valence-electron chi connectivity index (χ3n) is 7.14. The van der Waals surface area contributed by atoms with Crippen molar-refractivity contribution in [2.45, 2.75) is 71.9 Å². The Morgan fingerprint density at radius 2 is 1.67 bits per heavy atom. The summed E-state index contributed by atoms with van der Waals surface area (Å²) in [6.45, 7) is 5.70. The van der Waals surface area contributed by atoms with Crippen LogP contribution in [-0.2, 0) is 9.59 Å². The van der Waals surface area contributed by atoms with Crippen molar-refractivity contribution in [1.82, 2.24) is 5.32 Å². The van der Waals surface area contributed by atoms with Crippen molar-refractivity contribution >= 4 is 34.8 Å². The lowest BCUT2D eigenvalue weighted by atomic mass is 9.88. The number of Topliss-reactive ketones (excluding diaryl/α,β-unsaturated/α-hetero) is 1. The number of ketones is 1. The normalized spacial score (nSPS) is 18.9. The molecular formula is C29H36N4O3. The first kappa shape index (κ1) is 25.6. The Kier molecular flexibility index (Phi) is 8.18. The zero-order valence-corrected chi connectivity index (χ0v) is 21.5. The van der Waals surface area contributed by atoms with E-state index in [4.69, 9.17) is 0 Å². The lowest BCUT2D eigenvalue weighted by molar-refractivity contribution is -0.125. The molecule has 1 aliphatic heterocycles. The number of benzene rings is 2. The Hall–Kier alpha value is -3.48. The van der Waals surface area contributed by atoms with Crippen molar-refractivity contribution in [2.24, 2.45) is 10.9 Å². The van der Waals surface area contributed by atoms with Crippen LogP contribution in [0.25, 0.3) is 0 Å². The number of carbonyl (C=O) groups excluding carboxylic acids is 3. The molecule has 2 aromatic rings. The van der Waals surface area contributed by atoms with Crippen LogP contribution in [0.3, 0.4) is 0 Å². The molecule has 1 aliphatic carbocycles. The number of aryl methyl sites for hydroxylation is 2. The minimum absolute atomic E-state index is 0.0121. The lowest BCUT2D eigenvalue weighted by Crippen LogP contribution is -2.50. The van der Waals surface area contributed by atoms with E-state index in [1.165, 1.54) is 6.42 Å². The van der Waals surface area contributed by atoms with Crippen molar-refractivity contribution in [2.75, 3.05) is 16.8 Å². The predicted octanol–water partition coefficient (Wildman–Crippen LogP) is 5.54. The first-order valence-electron chi connectivity index (χ1n) is 13.0. The molecule has 0 radical (unpaired) electrons. The fourth-order valence-electron chi connectivity index (χ4n) is 5.21. The second kappa shape index (κ2) is 11.5. The fraction of sp³-hybridized carbons (Fsp3) is 0.448. The molecule has 0 saturated heterocycles. The highest BCUT2D eigenvalue weighted by Crippen LogP contribution is 2.31. The number of anilines is 2. The number of nitrogens with zero attached hydrogens (tertiary/aromatic N) is 2. The largest absolute Gasteiger partial charge is 0.321 e. The van der Waals surface area contributed by atoms with E-state index < -0.39 is 18.1 Å². The third kappa shape index (κ3) is 6.01. The molecule has 1 saturated carbocycles. The van der Waals surface area contributed by atoms with E-state index >= 15 is 0 Å². The number of amides is 3. The molecule has 0 bridgehead atoms. The zero-order valence-electron chi connectivity index (χ0n) is 21.5. The monoisotopic (exact) mass is 488 g/mol. The summed E-state index contributed by atoms with van der Waals surface area (Å²) in [6.07, 6.45) is 6.25. The molecule has 1 heterocycles. The number of urea groups is 1. The number of nitrogens with one attached hydrogen (secondary N) is 2. The number of fused-ring (bicyclic) bond motifs is 1. The number of carbonyl (C=O) groups is 3. The molecule has 0 spiro atoms. The molecular weight excluding hydrogens is 452 g/mol. The maximum atomic E-state index is 13.8. The van der Waals surface area contributed by atoms with Gasteiger partial charge in [0.25, 0.3) is 5.91 Å². The number of hydrogen-bond donors (Lipinski definition) is 2. The van der Waals surface area contributed by atoms with Gasteiger partial charge in [0.2, 0.25) is 6.17 Å². The summed E-state index contributed by atoms with van der Waals surface area (Å²) in [5.41, 5.74) is 4.68.